The monoisotopic (exact) mass is 601 g/mol. The van der Waals surface area contributed by atoms with E-state index in [0.29, 0.717) is 39.0 Å². The molecule has 0 saturated carbocycles. The van der Waals surface area contributed by atoms with Crippen LogP contribution < -0.4 is 25.4 Å². The smallest absolute Gasteiger partial charge is 0.272 e. The van der Waals surface area contributed by atoms with Gasteiger partial charge in [0.15, 0.2) is 11.5 Å². The second-order valence-corrected chi connectivity index (χ2v) is 10.2. The Morgan fingerprint density at radius 1 is 0.833 bits per heavy atom. The molecule has 0 aliphatic heterocycles. The first-order valence-electron chi connectivity index (χ1n) is 12.8. The maximum absolute atomic E-state index is 13.5. The van der Waals surface area contributed by atoms with Crippen molar-refractivity contribution in [3.63, 3.8) is 0 Å². The number of amides is 3. The van der Waals surface area contributed by atoms with Gasteiger partial charge < -0.3 is 25.4 Å². The number of rotatable bonds is 11. The van der Waals surface area contributed by atoms with Crippen LogP contribution in [0.2, 0.25) is 5.02 Å². The number of nitrogens with one attached hydrogen (secondary N) is 3. The van der Waals surface area contributed by atoms with Gasteiger partial charge in [-0.25, -0.2) is 0 Å². The molecule has 0 spiro atoms. The Morgan fingerprint density at radius 2 is 1.57 bits per heavy atom. The lowest BCUT2D eigenvalue weighted by Crippen LogP contribution is -2.30. The summed E-state index contributed by atoms with van der Waals surface area (Å²) in [6, 6.07) is 27.9. The van der Waals surface area contributed by atoms with Crippen LogP contribution in [0.25, 0.3) is 6.08 Å². The van der Waals surface area contributed by atoms with Gasteiger partial charge in [-0.2, -0.15) is 0 Å². The number of benzene rings is 4. The van der Waals surface area contributed by atoms with Gasteiger partial charge in [0, 0.05) is 21.7 Å². The number of anilines is 2. The van der Waals surface area contributed by atoms with Crippen LogP contribution in [0.4, 0.5) is 11.4 Å². The van der Waals surface area contributed by atoms with Gasteiger partial charge in [0.05, 0.1) is 30.7 Å². The molecule has 4 rings (SSSR count). The highest BCUT2D eigenvalue weighted by Crippen LogP contribution is 2.32. The van der Waals surface area contributed by atoms with E-state index in [-0.39, 0.29) is 17.4 Å². The predicted molar refractivity (Wildman–Crippen MR) is 167 cm³/mol. The normalized spacial score (nSPS) is 10.9. The molecule has 0 aliphatic rings. The molecule has 0 heterocycles. The fourth-order valence-corrected chi connectivity index (χ4v) is 4.82. The second kappa shape index (κ2) is 14.8. The lowest BCUT2D eigenvalue weighted by molar-refractivity contribution is -0.114. The summed E-state index contributed by atoms with van der Waals surface area (Å²) in [4.78, 5) is 39.7. The van der Waals surface area contributed by atoms with E-state index in [1.165, 1.54) is 32.1 Å². The minimum Gasteiger partial charge on any atom is -0.493 e. The van der Waals surface area contributed by atoms with Crippen LogP contribution in [-0.4, -0.2) is 37.7 Å². The van der Waals surface area contributed by atoms with Crippen molar-refractivity contribution in [1.29, 1.82) is 0 Å². The summed E-state index contributed by atoms with van der Waals surface area (Å²) in [7, 11) is 3.01. The van der Waals surface area contributed by atoms with Gasteiger partial charge >= 0.3 is 0 Å². The third kappa shape index (κ3) is 8.15. The summed E-state index contributed by atoms with van der Waals surface area (Å²) in [5.41, 5.74) is 1.93. The molecule has 4 aromatic rings. The summed E-state index contributed by atoms with van der Waals surface area (Å²) in [6.45, 7) is 0. The minimum absolute atomic E-state index is 0.00687. The van der Waals surface area contributed by atoms with Gasteiger partial charge in [-0.1, -0.05) is 60.1 Å². The van der Waals surface area contributed by atoms with Crippen molar-refractivity contribution < 1.29 is 23.9 Å². The quantitative estimate of drug-likeness (QED) is 0.134. The molecule has 0 saturated heterocycles. The number of para-hydroxylation sites is 2. The van der Waals surface area contributed by atoms with Crippen molar-refractivity contribution in [2.45, 2.75) is 4.90 Å². The Kier molecular flexibility index (Phi) is 10.6. The first-order chi connectivity index (χ1) is 20.4. The summed E-state index contributed by atoms with van der Waals surface area (Å²) in [5, 5.41) is 8.79. The molecule has 0 radical (unpaired) electrons. The Hall–Kier alpha value is -4.73. The molecule has 42 heavy (non-hydrogen) atoms. The highest BCUT2D eigenvalue weighted by Gasteiger charge is 2.18. The van der Waals surface area contributed by atoms with Crippen LogP contribution in [0, 0.1) is 0 Å². The van der Waals surface area contributed by atoms with E-state index < -0.39 is 11.8 Å². The van der Waals surface area contributed by atoms with E-state index in [2.05, 4.69) is 16.0 Å². The Bertz CT molecular complexity index is 1610. The molecular formula is C32H28ClN3O5S. The number of halogens is 1. The molecule has 0 unspecified atom stereocenters. The van der Waals surface area contributed by atoms with Crippen LogP contribution in [0.5, 0.6) is 11.5 Å². The number of thioether (sulfide) groups is 1. The van der Waals surface area contributed by atoms with Gasteiger partial charge in [0.2, 0.25) is 5.91 Å². The van der Waals surface area contributed by atoms with E-state index in [9.17, 15) is 14.4 Å². The zero-order valence-corrected chi connectivity index (χ0v) is 24.4. The van der Waals surface area contributed by atoms with Crippen molar-refractivity contribution in [3.05, 3.63) is 119 Å². The second-order valence-electron chi connectivity index (χ2n) is 8.76. The fourth-order valence-electron chi connectivity index (χ4n) is 3.88. The lowest BCUT2D eigenvalue weighted by Gasteiger charge is -2.14. The molecule has 8 nitrogen and oxygen atoms in total. The number of carbonyl (C=O) groups is 3. The van der Waals surface area contributed by atoms with E-state index in [0.717, 1.165) is 4.90 Å². The van der Waals surface area contributed by atoms with E-state index in [4.69, 9.17) is 21.1 Å². The molecular weight excluding hydrogens is 574 g/mol. The van der Waals surface area contributed by atoms with E-state index >= 15 is 0 Å². The van der Waals surface area contributed by atoms with Gasteiger partial charge in [0.25, 0.3) is 11.8 Å². The number of hydrogen-bond donors (Lipinski definition) is 3. The number of hydrogen-bond acceptors (Lipinski definition) is 6. The van der Waals surface area contributed by atoms with Crippen molar-refractivity contribution in [2.24, 2.45) is 0 Å². The Labute approximate surface area is 253 Å². The number of ether oxygens (including phenoxy) is 2. The molecule has 4 aromatic carbocycles. The van der Waals surface area contributed by atoms with Gasteiger partial charge in [-0.3, -0.25) is 14.4 Å². The summed E-state index contributed by atoms with van der Waals surface area (Å²) < 4.78 is 10.9. The van der Waals surface area contributed by atoms with E-state index in [1.54, 1.807) is 91.0 Å². The van der Waals surface area contributed by atoms with Crippen LogP contribution in [0.3, 0.4) is 0 Å². The number of carbonyl (C=O) groups excluding carboxylic acids is 3. The Balaban J connectivity index is 1.52. The van der Waals surface area contributed by atoms with Crippen molar-refractivity contribution >= 4 is 58.5 Å². The maximum Gasteiger partial charge on any atom is 0.272 e. The topological polar surface area (TPSA) is 106 Å². The SMILES string of the molecule is COc1cccc(/C=C(/NC(=O)c2ccccc2)C(=O)Nc2cccc(SCC(=O)Nc3ccccc3Cl)c2)c1OC. The van der Waals surface area contributed by atoms with Crippen LogP contribution in [-0.2, 0) is 9.59 Å². The average Bonchev–Trinajstić information content (AvgIpc) is 3.01. The molecule has 3 N–H and O–H groups in total. The molecule has 0 bridgehead atoms. The van der Waals surface area contributed by atoms with Crippen LogP contribution in [0.15, 0.2) is 108 Å². The average molecular weight is 602 g/mol. The third-order valence-electron chi connectivity index (χ3n) is 5.87. The number of methoxy groups -OCH3 is 2. The summed E-state index contributed by atoms with van der Waals surface area (Å²) in [5.74, 6) is -0.202. The Morgan fingerprint density at radius 3 is 2.31 bits per heavy atom. The van der Waals surface area contributed by atoms with Gasteiger partial charge in [0.1, 0.15) is 5.70 Å². The van der Waals surface area contributed by atoms with Crippen molar-refractivity contribution in [3.8, 4) is 11.5 Å². The fraction of sp³-hybridized carbons (Fsp3) is 0.0938. The van der Waals surface area contributed by atoms with Crippen molar-refractivity contribution in [1.82, 2.24) is 5.32 Å². The predicted octanol–water partition coefficient (Wildman–Crippen LogP) is 6.50. The molecule has 0 fully saturated rings. The standard InChI is InChI=1S/C32H28ClN3O5S/c1-40-28-17-8-12-22(30(28)41-2)18-27(36-31(38)21-10-4-3-5-11-21)32(39)34-23-13-9-14-24(19-23)42-20-29(37)35-26-16-7-6-15-25(26)33/h3-19H,20H2,1-2H3,(H,34,39)(H,35,37)(H,36,38)/b27-18+. The highest BCUT2D eigenvalue weighted by molar-refractivity contribution is 8.00. The lowest BCUT2D eigenvalue weighted by atomic mass is 10.1. The molecule has 0 atom stereocenters. The first-order valence-corrected chi connectivity index (χ1v) is 14.1. The van der Waals surface area contributed by atoms with Crippen molar-refractivity contribution in [2.75, 3.05) is 30.6 Å². The van der Waals surface area contributed by atoms with E-state index in [1.807, 2.05) is 6.07 Å². The maximum atomic E-state index is 13.5. The molecule has 10 heteroatoms. The highest BCUT2D eigenvalue weighted by atomic mass is 35.5. The molecule has 0 aliphatic carbocycles. The zero-order valence-electron chi connectivity index (χ0n) is 22.8. The molecule has 3 amide bonds. The minimum atomic E-state index is -0.553. The zero-order chi connectivity index (χ0) is 29.9. The van der Waals surface area contributed by atoms with Crippen LogP contribution in [0.1, 0.15) is 15.9 Å². The molecule has 214 valence electrons. The largest absolute Gasteiger partial charge is 0.493 e. The van der Waals surface area contributed by atoms with Crippen LogP contribution >= 0.6 is 23.4 Å². The molecule has 0 aromatic heterocycles. The summed E-state index contributed by atoms with van der Waals surface area (Å²) in [6.07, 6.45) is 1.52. The third-order valence-corrected chi connectivity index (χ3v) is 7.20. The van der Waals surface area contributed by atoms with Gasteiger partial charge in [-0.15, -0.1) is 11.8 Å². The van der Waals surface area contributed by atoms with Gasteiger partial charge in [-0.05, 0) is 54.6 Å². The summed E-state index contributed by atoms with van der Waals surface area (Å²) >= 11 is 7.43. The first kappa shape index (κ1) is 30.2.